The molecule has 0 radical (unpaired) electrons. The minimum absolute atomic E-state index is 0.391. The van der Waals surface area contributed by atoms with Crippen LogP contribution in [0.25, 0.3) is 0 Å². The molecule has 0 spiro atoms. The van der Waals surface area contributed by atoms with Crippen molar-refractivity contribution in [3.63, 3.8) is 0 Å². The molecule has 0 unspecified atom stereocenters. The Kier molecular flexibility index (Phi) is 4.11. The number of nitrogens with zero attached hydrogens (tertiary/aromatic N) is 3. The minimum Gasteiger partial charge on any atom is -0.351 e. The molecule has 5 nitrogen and oxygen atoms in total. The number of carbonyl (C=O) groups excluding carboxylic acids is 1. The third-order valence-corrected chi connectivity index (χ3v) is 3.99. The number of primary amides is 1. The summed E-state index contributed by atoms with van der Waals surface area (Å²) in [4.78, 5) is 22.4. The zero-order valence-corrected chi connectivity index (χ0v) is 11.7. The summed E-state index contributed by atoms with van der Waals surface area (Å²) in [6.45, 7) is 4.59. The fourth-order valence-corrected chi connectivity index (χ4v) is 2.50. The second-order valence-corrected chi connectivity index (χ2v) is 5.52. The summed E-state index contributed by atoms with van der Waals surface area (Å²) in [7, 11) is 0. The lowest BCUT2D eigenvalue weighted by molar-refractivity contribution is 0.253. The second kappa shape index (κ2) is 5.79. The Bertz CT molecular complexity index is 553. The van der Waals surface area contributed by atoms with Gasteiger partial charge in [0.2, 0.25) is 0 Å². The molecule has 0 saturated carbocycles. The van der Waals surface area contributed by atoms with Crippen LogP contribution in [0.1, 0.15) is 30.2 Å². The van der Waals surface area contributed by atoms with E-state index in [4.69, 9.17) is 5.73 Å². The molecule has 0 fully saturated rings. The van der Waals surface area contributed by atoms with E-state index in [2.05, 4.69) is 23.8 Å². The largest absolute Gasteiger partial charge is 0.351 e. The van der Waals surface area contributed by atoms with Crippen LogP contribution in [0.3, 0.4) is 0 Å². The Morgan fingerprint density at radius 2 is 2.11 bits per heavy atom. The van der Waals surface area contributed by atoms with Gasteiger partial charge in [-0.3, -0.25) is 9.88 Å². The van der Waals surface area contributed by atoms with Gasteiger partial charge < -0.3 is 5.73 Å². The number of thiazole rings is 1. The topological polar surface area (TPSA) is 72.1 Å². The van der Waals surface area contributed by atoms with Crippen molar-refractivity contribution in [1.29, 1.82) is 0 Å². The molecule has 2 N–H and O–H groups in total. The van der Waals surface area contributed by atoms with Crippen LogP contribution in [0, 0.1) is 0 Å². The quantitative estimate of drug-likeness (QED) is 0.933. The SMILES string of the molecule is CC(C)c1cnc(N(Cc2ccncc2)C(N)=O)s1. The molecule has 6 heteroatoms. The number of anilines is 1. The predicted octanol–water partition coefficient (Wildman–Crippen LogP) is 2.75. The molecule has 2 aromatic rings. The number of carbonyl (C=O) groups is 1. The van der Waals surface area contributed by atoms with Crippen molar-refractivity contribution in [1.82, 2.24) is 9.97 Å². The highest BCUT2D eigenvalue weighted by Crippen LogP contribution is 2.28. The molecule has 2 heterocycles. The number of urea groups is 1. The standard InChI is InChI=1S/C13H16N4OS/c1-9(2)11-7-16-13(19-11)17(12(14)18)8-10-3-5-15-6-4-10/h3-7,9H,8H2,1-2H3,(H2,14,18). The van der Waals surface area contributed by atoms with Gasteiger partial charge in [-0.25, -0.2) is 9.78 Å². The van der Waals surface area contributed by atoms with Gasteiger partial charge in [0, 0.05) is 23.5 Å². The lowest BCUT2D eigenvalue weighted by Gasteiger charge is -2.17. The highest BCUT2D eigenvalue weighted by atomic mass is 32.1. The summed E-state index contributed by atoms with van der Waals surface area (Å²) in [5.74, 6) is 0.391. The highest BCUT2D eigenvalue weighted by molar-refractivity contribution is 7.15. The first kappa shape index (κ1) is 13.5. The van der Waals surface area contributed by atoms with Gasteiger partial charge in [-0.05, 0) is 23.6 Å². The Morgan fingerprint density at radius 3 is 2.63 bits per heavy atom. The first-order valence-corrected chi connectivity index (χ1v) is 6.81. The number of nitrogens with two attached hydrogens (primary N) is 1. The summed E-state index contributed by atoms with van der Waals surface area (Å²) in [5, 5.41) is 0.632. The van der Waals surface area contributed by atoms with E-state index >= 15 is 0 Å². The molecule has 0 bridgehead atoms. The Morgan fingerprint density at radius 1 is 1.42 bits per heavy atom. The van der Waals surface area contributed by atoms with Crippen LogP contribution in [-0.2, 0) is 6.54 Å². The molecule has 19 heavy (non-hydrogen) atoms. The zero-order valence-electron chi connectivity index (χ0n) is 10.9. The van der Waals surface area contributed by atoms with Crippen molar-refractivity contribution in [3.8, 4) is 0 Å². The molecule has 0 saturated heterocycles. The van der Waals surface area contributed by atoms with Crippen LogP contribution in [0.5, 0.6) is 0 Å². The van der Waals surface area contributed by atoms with E-state index < -0.39 is 6.03 Å². The summed E-state index contributed by atoms with van der Waals surface area (Å²) in [5.41, 5.74) is 6.41. The van der Waals surface area contributed by atoms with Crippen LogP contribution < -0.4 is 10.6 Å². The molecular weight excluding hydrogens is 260 g/mol. The fourth-order valence-electron chi connectivity index (χ4n) is 1.58. The molecule has 2 amide bonds. The van der Waals surface area contributed by atoms with Crippen molar-refractivity contribution in [3.05, 3.63) is 41.2 Å². The van der Waals surface area contributed by atoms with Crippen molar-refractivity contribution in [2.75, 3.05) is 4.90 Å². The maximum Gasteiger partial charge on any atom is 0.321 e. The third kappa shape index (κ3) is 3.29. The number of pyridine rings is 1. The average molecular weight is 276 g/mol. The van der Waals surface area contributed by atoms with Gasteiger partial charge in [-0.2, -0.15) is 0 Å². The van der Waals surface area contributed by atoms with E-state index in [1.54, 1.807) is 18.6 Å². The zero-order chi connectivity index (χ0) is 13.8. The first-order chi connectivity index (χ1) is 9.08. The van der Waals surface area contributed by atoms with Gasteiger partial charge in [0.25, 0.3) is 0 Å². The van der Waals surface area contributed by atoms with E-state index in [9.17, 15) is 4.79 Å². The Balaban J connectivity index is 2.22. The smallest absolute Gasteiger partial charge is 0.321 e. The number of hydrogen-bond donors (Lipinski definition) is 1. The van der Waals surface area contributed by atoms with Crippen molar-refractivity contribution >= 4 is 22.5 Å². The Hall–Kier alpha value is -1.95. The molecule has 0 aliphatic rings. The molecule has 0 aliphatic heterocycles. The Labute approximate surface area is 116 Å². The van der Waals surface area contributed by atoms with E-state index in [0.29, 0.717) is 17.6 Å². The van der Waals surface area contributed by atoms with Crippen LogP contribution in [-0.4, -0.2) is 16.0 Å². The maximum atomic E-state index is 11.6. The molecule has 2 rings (SSSR count). The second-order valence-electron chi connectivity index (χ2n) is 4.48. The van der Waals surface area contributed by atoms with Crippen LogP contribution in [0.4, 0.5) is 9.93 Å². The molecule has 100 valence electrons. The van der Waals surface area contributed by atoms with Crippen LogP contribution >= 0.6 is 11.3 Å². The minimum atomic E-state index is -0.499. The summed E-state index contributed by atoms with van der Waals surface area (Å²) in [6.07, 6.45) is 5.18. The summed E-state index contributed by atoms with van der Waals surface area (Å²) < 4.78 is 0. The maximum absolute atomic E-state index is 11.6. The normalized spacial score (nSPS) is 10.7. The number of hydrogen-bond acceptors (Lipinski definition) is 4. The molecule has 0 aliphatic carbocycles. The molecule has 0 atom stereocenters. The van der Waals surface area contributed by atoms with Gasteiger partial charge >= 0.3 is 6.03 Å². The van der Waals surface area contributed by atoms with Crippen molar-refractivity contribution in [2.45, 2.75) is 26.3 Å². The molecular formula is C13H16N4OS. The molecule has 2 aromatic heterocycles. The highest BCUT2D eigenvalue weighted by Gasteiger charge is 2.17. The van der Waals surface area contributed by atoms with Gasteiger partial charge in [-0.1, -0.05) is 13.8 Å². The van der Waals surface area contributed by atoms with Crippen LogP contribution in [0.2, 0.25) is 0 Å². The lowest BCUT2D eigenvalue weighted by atomic mass is 10.2. The van der Waals surface area contributed by atoms with Gasteiger partial charge in [0.15, 0.2) is 5.13 Å². The van der Waals surface area contributed by atoms with E-state index in [1.807, 2.05) is 12.1 Å². The number of rotatable bonds is 4. The van der Waals surface area contributed by atoms with Gasteiger partial charge in [0.1, 0.15) is 0 Å². The van der Waals surface area contributed by atoms with Gasteiger partial charge in [0.05, 0.1) is 6.54 Å². The average Bonchev–Trinajstić information content (AvgIpc) is 2.86. The van der Waals surface area contributed by atoms with Crippen LogP contribution in [0.15, 0.2) is 30.7 Å². The van der Waals surface area contributed by atoms with E-state index in [1.165, 1.54) is 16.2 Å². The number of aromatic nitrogens is 2. The first-order valence-electron chi connectivity index (χ1n) is 5.99. The lowest BCUT2D eigenvalue weighted by Crippen LogP contribution is -2.35. The predicted molar refractivity (Wildman–Crippen MR) is 76.2 cm³/mol. The third-order valence-electron chi connectivity index (χ3n) is 2.67. The van der Waals surface area contributed by atoms with E-state index in [-0.39, 0.29) is 0 Å². The summed E-state index contributed by atoms with van der Waals surface area (Å²) >= 11 is 1.50. The number of amides is 2. The fraction of sp³-hybridized carbons (Fsp3) is 0.308. The van der Waals surface area contributed by atoms with E-state index in [0.717, 1.165) is 10.4 Å². The molecule has 0 aromatic carbocycles. The van der Waals surface area contributed by atoms with Gasteiger partial charge in [-0.15, -0.1) is 11.3 Å². The van der Waals surface area contributed by atoms with Crippen molar-refractivity contribution < 1.29 is 4.79 Å². The monoisotopic (exact) mass is 276 g/mol. The van der Waals surface area contributed by atoms with Crippen molar-refractivity contribution in [2.24, 2.45) is 5.73 Å². The summed E-state index contributed by atoms with van der Waals surface area (Å²) in [6, 6.07) is 3.21.